The number of carbonyl (C=O) groups excluding carboxylic acids is 1. The predicted molar refractivity (Wildman–Crippen MR) is 147 cm³/mol. The molecule has 1 N–H and O–H groups in total. The van der Waals surface area contributed by atoms with Gasteiger partial charge in [-0.05, 0) is 47.5 Å². The lowest BCUT2D eigenvalue weighted by Gasteiger charge is -2.38. The fraction of sp³-hybridized carbons (Fsp3) is 0.448. The van der Waals surface area contributed by atoms with Crippen LogP contribution < -0.4 is 10.9 Å². The summed E-state index contributed by atoms with van der Waals surface area (Å²) in [6, 6.07) is 3.99. The van der Waals surface area contributed by atoms with Crippen molar-refractivity contribution in [1.82, 2.24) is 19.4 Å². The molecule has 3 atom stereocenters. The number of amides is 1. The first kappa shape index (κ1) is 29.1. The number of pyridine rings is 1. The molecule has 40 heavy (non-hydrogen) atoms. The molecule has 0 bridgehead atoms. The Labute approximate surface area is 230 Å². The van der Waals surface area contributed by atoms with Crippen LogP contribution in [0, 0.1) is 12.7 Å². The third-order valence-electron chi connectivity index (χ3n) is 6.90. The predicted octanol–water partition coefficient (Wildman–Crippen LogP) is 6.48. The monoisotopic (exact) mass is 557 g/mol. The highest BCUT2D eigenvalue weighted by Gasteiger charge is 2.33. The number of anilines is 1. The maximum atomic E-state index is 14.9. The summed E-state index contributed by atoms with van der Waals surface area (Å²) in [4.78, 5) is 36.3. The molecule has 4 rings (SSSR count). The van der Waals surface area contributed by atoms with Gasteiger partial charge in [-0.2, -0.15) is 0 Å². The molecule has 0 radical (unpaired) electrons. The van der Waals surface area contributed by atoms with Crippen molar-refractivity contribution in [1.29, 1.82) is 0 Å². The molecular weight excluding hydrogens is 523 g/mol. The maximum absolute atomic E-state index is 14.9. The van der Waals surface area contributed by atoms with E-state index in [0.29, 0.717) is 41.9 Å². The number of aromatic nitrogens is 3. The standard InChI is InChI=1S/C29H34F3N5O3/c1-7-22(19-9-8-10-20(25(19)30)26(31)32)35-27-21-15-37(24(38)14-23(21)33-17(3)34-27)18-11-12-36(16(2)13-18)28(39)40-29(4,5)6/h7-10,14-16,18,22,26H,1,11-13H2,2-6H3,(H,33,34,35)/t16-,18?,22-/m1/s1. The molecule has 3 aromatic rings. The Morgan fingerprint density at radius 2 is 1.95 bits per heavy atom. The molecule has 0 spiro atoms. The smallest absolute Gasteiger partial charge is 0.410 e. The highest BCUT2D eigenvalue weighted by atomic mass is 19.3. The summed E-state index contributed by atoms with van der Waals surface area (Å²) in [5.41, 5.74) is -1.18. The number of carbonyl (C=O) groups is 1. The number of rotatable bonds is 6. The normalized spacial score (nSPS) is 18.6. The van der Waals surface area contributed by atoms with Crippen LogP contribution in [0.25, 0.3) is 10.9 Å². The number of ether oxygens (including phenoxy) is 1. The van der Waals surface area contributed by atoms with Gasteiger partial charge < -0.3 is 19.5 Å². The van der Waals surface area contributed by atoms with Crippen LogP contribution in [0.5, 0.6) is 0 Å². The Morgan fingerprint density at radius 1 is 1.25 bits per heavy atom. The van der Waals surface area contributed by atoms with Crippen LogP contribution in [0.4, 0.5) is 23.8 Å². The molecule has 1 fully saturated rings. The zero-order valence-electron chi connectivity index (χ0n) is 23.2. The first-order chi connectivity index (χ1) is 18.8. The number of piperidine rings is 1. The number of nitrogens with one attached hydrogen (secondary N) is 1. The number of likely N-dealkylation sites (tertiary alicyclic amines) is 1. The van der Waals surface area contributed by atoms with Crippen LogP contribution in [-0.2, 0) is 4.74 Å². The number of hydrogen-bond donors (Lipinski definition) is 1. The zero-order valence-corrected chi connectivity index (χ0v) is 23.2. The molecule has 11 heteroatoms. The highest BCUT2D eigenvalue weighted by molar-refractivity contribution is 5.88. The second-order valence-electron chi connectivity index (χ2n) is 11.0. The third-order valence-corrected chi connectivity index (χ3v) is 6.90. The average molecular weight is 558 g/mol. The van der Waals surface area contributed by atoms with Crippen LogP contribution in [0.1, 0.15) is 76.0 Å². The van der Waals surface area contributed by atoms with Gasteiger partial charge in [0, 0.05) is 36.5 Å². The zero-order chi connectivity index (χ0) is 29.4. The van der Waals surface area contributed by atoms with E-state index in [-0.39, 0.29) is 23.2 Å². The molecular formula is C29H34F3N5O3. The van der Waals surface area contributed by atoms with Crippen LogP contribution in [-0.4, -0.2) is 43.7 Å². The van der Waals surface area contributed by atoms with Crippen LogP contribution >= 0.6 is 0 Å². The fourth-order valence-electron chi connectivity index (χ4n) is 5.01. The SMILES string of the molecule is C=C[C@@H](Nc1nc(C)nc2cc(=O)n(C3CCN(C(=O)OC(C)(C)C)[C@H](C)C3)cc12)c1cccc(C(F)F)c1F. The van der Waals surface area contributed by atoms with Crippen molar-refractivity contribution in [3.8, 4) is 0 Å². The number of halogens is 3. The average Bonchev–Trinajstić information content (AvgIpc) is 2.85. The summed E-state index contributed by atoms with van der Waals surface area (Å²) < 4.78 is 48.7. The first-order valence-electron chi connectivity index (χ1n) is 13.1. The van der Waals surface area contributed by atoms with Crippen molar-refractivity contribution >= 4 is 22.8 Å². The molecule has 1 aliphatic rings. The molecule has 1 aliphatic heterocycles. The molecule has 1 saturated heterocycles. The summed E-state index contributed by atoms with van der Waals surface area (Å²) in [7, 11) is 0. The first-order valence-corrected chi connectivity index (χ1v) is 13.1. The fourth-order valence-corrected chi connectivity index (χ4v) is 5.01. The molecule has 1 amide bonds. The Balaban J connectivity index is 1.67. The van der Waals surface area contributed by atoms with E-state index in [1.165, 1.54) is 24.3 Å². The molecule has 2 aromatic heterocycles. The van der Waals surface area contributed by atoms with Crippen molar-refractivity contribution in [2.75, 3.05) is 11.9 Å². The number of benzene rings is 1. The summed E-state index contributed by atoms with van der Waals surface area (Å²) in [5.74, 6) is -0.342. The Bertz CT molecular complexity index is 1480. The van der Waals surface area contributed by atoms with E-state index < -0.39 is 35.5 Å². The largest absolute Gasteiger partial charge is 0.444 e. The quantitative estimate of drug-likeness (QED) is 0.349. The minimum absolute atomic E-state index is 0.00567. The van der Waals surface area contributed by atoms with Gasteiger partial charge in [0.25, 0.3) is 12.0 Å². The van der Waals surface area contributed by atoms with Gasteiger partial charge >= 0.3 is 6.09 Å². The van der Waals surface area contributed by atoms with Gasteiger partial charge in [-0.15, -0.1) is 6.58 Å². The van der Waals surface area contributed by atoms with E-state index in [9.17, 15) is 22.8 Å². The molecule has 3 heterocycles. The van der Waals surface area contributed by atoms with E-state index in [1.54, 1.807) is 22.6 Å². The van der Waals surface area contributed by atoms with Gasteiger partial charge in [-0.25, -0.2) is 27.9 Å². The Morgan fingerprint density at radius 3 is 2.58 bits per heavy atom. The van der Waals surface area contributed by atoms with Crippen molar-refractivity contribution in [2.45, 2.75) is 77.6 Å². The minimum Gasteiger partial charge on any atom is -0.444 e. The van der Waals surface area contributed by atoms with Gasteiger partial charge in [0.05, 0.1) is 22.5 Å². The Hall–Kier alpha value is -3.89. The molecule has 214 valence electrons. The van der Waals surface area contributed by atoms with Gasteiger partial charge in [-0.1, -0.05) is 24.3 Å². The van der Waals surface area contributed by atoms with E-state index in [4.69, 9.17) is 4.74 Å². The summed E-state index contributed by atoms with van der Waals surface area (Å²) in [6.45, 7) is 13.2. The van der Waals surface area contributed by atoms with Gasteiger partial charge in [0.1, 0.15) is 23.1 Å². The van der Waals surface area contributed by atoms with Gasteiger partial charge in [-0.3, -0.25) is 4.79 Å². The summed E-state index contributed by atoms with van der Waals surface area (Å²) >= 11 is 0. The highest BCUT2D eigenvalue weighted by Crippen LogP contribution is 2.32. The number of aryl methyl sites for hydroxylation is 1. The van der Waals surface area contributed by atoms with Crippen LogP contribution in [0.15, 0.2) is 47.9 Å². The van der Waals surface area contributed by atoms with E-state index in [0.717, 1.165) is 6.07 Å². The second kappa shape index (κ2) is 11.3. The van der Waals surface area contributed by atoms with E-state index >= 15 is 0 Å². The second-order valence-corrected chi connectivity index (χ2v) is 11.0. The third kappa shape index (κ3) is 6.13. The number of hydrogen-bond acceptors (Lipinski definition) is 6. The number of nitrogens with zero attached hydrogens (tertiary/aromatic N) is 4. The van der Waals surface area contributed by atoms with Crippen molar-refractivity contribution < 1.29 is 22.7 Å². The molecule has 1 aromatic carbocycles. The van der Waals surface area contributed by atoms with Crippen molar-refractivity contribution in [3.63, 3.8) is 0 Å². The topological polar surface area (TPSA) is 89.4 Å². The molecule has 1 unspecified atom stereocenters. The summed E-state index contributed by atoms with van der Waals surface area (Å²) in [5, 5.41) is 3.60. The molecule has 8 nitrogen and oxygen atoms in total. The van der Waals surface area contributed by atoms with Crippen molar-refractivity contribution in [2.24, 2.45) is 0 Å². The van der Waals surface area contributed by atoms with Crippen molar-refractivity contribution in [3.05, 3.63) is 76.2 Å². The lowest BCUT2D eigenvalue weighted by Crippen LogP contribution is -2.47. The Kier molecular flexibility index (Phi) is 8.23. The van der Waals surface area contributed by atoms with Gasteiger partial charge in [0.15, 0.2) is 0 Å². The lowest BCUT2D eigenvalue weighted by atomic mass is 9.98. The molecule has 0 saturated carbocycles. The van der Waals surface area contributed by atoms with Crippen LogP contribution in [0.2, 0.25) is 0 Å². The van der Waals surface area contributed by atoms with Crippen LogP contribution in [0.3, 0.4) is 0 Å². The van der Waals surface area contributed by atoms with E-state index in [1.807, 2.05) is 27.7 Å². The maximum Gasteiger partial charge on any atom is 0.410 e. The molecule has 0 aliphatic carbocycles. The minimum atomic E-state index is -2.97. The number of alkyl halides is 2. The summed E-state index contributed by atoms with van der Waals surface area (Å²) in [6.07, 6.45) is 0.767. The van der Waals surface area contributed by atoms with E-state index in [2.05, 4.69) is 21.9 Å². The van der Waals surface area contributed by atoms with Gasteiger partial charge in [0.2, 0.25) is 0 Å². The number of fused-ring (bicyclic) bond motifs is 1. The lowest BCUT2D eigenvalue weighted by molar-refractivity contribution is 0.00772.